The molecule has 1 aliphatic heterocycles. The van der Waals surface area contributed by atoms with Crippen molar-refractivity contribution in [2.45, 2.75) is 18.1 Å². The Bertz CT molecular complexity index is 1200. The van der Waals surface area contributed by atoms with Crippen molar-refractivity contribution in [3.05, 3.63) is 89.4 Å². The van der Waals surface area contributed by atoms with Crippen LogP contribution in [0.25, 0.3) is 0 Å². The molecule has 0 spiro atoms. The van der Waals surface area contributed by atoms with Crippen LogP contribution in [0.4, 0.5) is 11.4 Å². The van der Waals surface area contributed by atoms with Gasteiger partial charge in [0.15, 0.2) is 5.17 Å². The van der Waals surface area contributed by atoms with Gasteiger partial charge in [-0.2, -0.15) is 0 Å². The number of anilines is 1. The van der Waals surface area contributed by atoms with Crippen molar-refractivity contribution in [3.8, 4) is 5.75 Å². The number of nitrogens with one attached hydrogen (secondary N) is 1. The highest BCUT2D eigenvalue weighted by Crippen LogP contribution is 2.32. The Hall–Kier alpha value is -3.29. The summed E-state index contributed by atoms with van der Waals surface area (Å²) in [5, 5.41) is 3.30. The monoisotopic (exact) mass is 493 g/mol. The molecular formula is C26H24ClN3O3S. The molecule has 0 aromatic heterocycles. The van der Waals surface area contributed by atoms with Gasteiger partial charge in [-0.1, -0.05) is 71.9 Å². The van der Waals surface area contributed by atoms with Gasteiger partial charge in [0.25, 0.3) is 0 Å². The molecule has 3 aromatic rings. The zero-order valence-corrected chi connectivity index (χ0v) is 20.2. The number of amidine groups is 1. The number of carbonyl (C=O) groups excluding carboxylic acids is 2. The van der Waals surface area contributed by atoms with Crippen LogP contribution < -0.4 is 10.1 Å². The maximum Gasteiger partial charge on any atom is 0.238 e. The lowest BCUT2D eigenvalue weighted by atomic mass is 10.1. The molecule has 1 N–H and O–H groups in total. The number of hydrogen-bond acceptors (Lipinski definition) is 5. The van der Waals surface area contributed by atoms with Crippen molar-refractivity contribution >= 4 is 51.7 Å². The Labute approximate surface area is 208 Å². The van der Waals surface area contributed by atoms with Crippen molar-refractivity contribution in [1.29, 1.82) is 0 Å². The predicted molar refractivity (Wildman–Crippen MR) is 138 cm³/mol. The maximum absolute atomic E-state index is 13.2. The minimum absolute atomic E-state index is 0.0784. The normalized spacial score (nSPS) is 17.0. The lowest BCUT2D eigenvalue weighted by molar-refractivity contribution is -0.129. The average molecular weight is 494 g/mol. The molecule has 0 bridgehead atoms. The highest BCUT2D eigenvalue weighted by atomic mass is 35.5. The molecule has 0 radical (unpaired) electrons. The summed E-state index contributed by atoms with van der Waals surface area (Å²) in [6, 6.07) is 24.2. The third kappa shape index (κ3) is 5.98. The van der Waals surface area contributed by atoms with E-state index < -0.39 is 5.25 Å². The molecule has 1 fully saturated rings. The number of rotatable bonds is 7. The van der Waals surface area contributed by atoms with E-state index in [-0.39, 0.29) is 18.2 Å². The van der Waals surface area contributed by atoms with Gasteiger partial charge in [0, 0.05) is 18.0 Å². The van der Waals surface area contributed by atoms with Crippen LogP contribution in [0.3, 0.4) is 0 Å². The molecule has 6 nitrogen and oxygen atoms in total. The van der Waals surface area contributed by atoms with Crippen LogP contribution in [0.15, 0.2) is 83.9 Å². The van der Waals surface area contributed by atoms with Crippen molar-refractivity contribution < 1.29 is 14.3 Å². The third-order valence-electron chi connectivity index (χ3n) is 5.30. The SMILES string of the molecule is COc1ccccc1NC(=O)C1CC(=O)N(CCc2ccccc2)C(=Nc2cccc(Cl)c2)S1. The number of halogens is 1. The Morgan fingerprint density at radius 1 is 1.12 bits per heavy atom. The van der Waals surface area contributed by atoms with Crippen LogP contribution in [0.2, 0.25) is 5.02 Å². The maximum atomic E-state index is 13.2. The summed E-state index contributed by atoms with van der Waals surface area (Å²) in [5.74, 6) is 0.139. The summed E-state index contributed by atoms with van der Waals surface area (Å²) in [5.41, 5.74) is 2.31. The first-order valence-electron chi connectivity index (χ1n) is 10.8. The second-order valence-corrected chi connectivity index (χ2v) is 9.26. The van der Waals surface area contributed by atoms with Crippen LogP contribution in [-0.2, 0) is 16.0 Å². The van der Waals surface area contributed by atoms with Crippen LogP contribution >= 0.6 is 23.4 Å². The number of ether oxygens (including phenoxy) is 1. The number of amides is 2. The van der Waals surface area contributed by atoms with Crippen LogP contribution in [0.5, 0.6) is 5.75 Å². The molecule has 8 heteroatoms. The summed E-state index contributed by atoms with van der Waals surface area (Å²) in [6.07, 6.45) is 0.759. The molecule has 0 aliphatic carbocycles. The number of thioether (sulfide) groups is 1. The second kappa shape index (κ2) is 11.2. The van der Waals surface area contributed by atoms with E-state index in [2.05, 4.69) is 5.32 Å². The first-order chi connectivity index (χ1) is 16.5. The zero-order chi connectivity index (χ0) is 23.9. The first-order valence-corrected chi connectivity index (χ1v) is 12.1. The van der Waals surface area contributed by atoms with Crippen molar-refractivity contribution in [2.24, 2.45) is 4.99 Å². The van der Waals surface area contributed by atoms with E-state index in [1.54, 1.807) is 42.3 Å². The molecule has 1 unspecified atom stereocenters. The summed E-state index contributed by atoms with van der Waals surface area (Å²) in [4.78, 5) is 32.6. The fourth-order valence-electron chi connectivity index (χ4n) is 3.56. The third-order valence-corrected chi connectivity index (χ3v) is 6.72. The van der Waals surface area contributed by atoms with Gasteiger partial charge in [-0.15, -0.1) is 0 Å². The summed E-state index contributed by atoms with van der Waals surface area (Å²) < 4.78 is 5.32. The van der Waals surface area contributed by atoms with Crippen LogP contribution in [0.1, 0.15) is 12.0 Å². The molecule has 4 rings (SSSR count). The molecule has 174 valence electrons. The van der Waals surface area contributed by atoms with Gasteiger partial charge in [-0.3, -0.25) is 14.5 Å². The summed E-state index contributed by atoms with van der Waals surface area (Å²) in [7, 11) is 1.55. The van der Waals surface area contributed by atoms with E-state index in [9.17, 15) is 9.59 Å². The quantitative estimate of drug-likeness (QED) is 0.468. The lowest BCUT2D eigenvalue weighted by Crippen LogP contribution is -2.46. The molecule has 0 saturated carbocycles. The van der Waals surface area contributed by atoms with Gasteiger partial charge in [0.1, 0.15) is 11.0 Å². The van der Waals surface area contributed by atoms with Crippen molar-refractivity contribution in [2.75, 3.05) is 19.0 Å². The van der Waals surface area contributed by atoms with E-state index in [1.807, 2.05) is 48.5 Å². The predicted octanol–water partition coefficient (Wildman–Crippen LogP) is 5.55. The molecule has 1 saturated heterocycles. The van der Waals surface area contributed by atoms with Gasteiger partial charge in [0.05, 0.1) is 18.5 Å². The Kier molecular flexibility index (Phi) is 7.87. The average Bonchev–Trinajstić information content (AvgIpc) is 2.84. The van der Waals surface area contributed by atoms with Crippen LogP contribution in [-0.4, -0.2) is 40.8 Å². The number of methoxy groups -OCH3 is 1. The standard InChI is InChI=1S/C26H24ClN3O3S/c1-33-22-13-6-5-12-21(22)29-25(32)23-17-24(31)30(15-14-18-8-3-2-4-9-18)26(34-23)28-20-11-7-10-19(27)16-20/h2-13,16,23H,14-15,17H2,1H3,(H,29,32). The fourth-order valence-corrected chi connectivity index (χ4v) is 4.87. The van der Waals surface area contributed by atoms with Gasteiger partial charge >= 0.3 is 0 Å². The number of carbonyl (C=O) groups is 2. The number of hydrogen-bond donors (Lipinski definition) is 1. The molecule has 1 aliphatic rings. The molecule has 1 atom stereocenters. The minimum atomic E-state index is -0.622. The van der Waals surface area contributed by atoms with E-state index in [0.717, 1.165) is 5.56 Å². The molecule has 2 amide bonds. The van der Waals surface area contributed by atoms with E-state index in [4.69, 9.17) is 21.3 Å². The summed E-state index contributed by atoms with van der Waals surface area (Å²) in [6.45, 7) is 0.468. The molecule has 1 heterocycles. The Morgan fingerprint density at radius 3 is 2.65 bits per heavy atom. The molecule has 3 aromatic carbocycles. The molecule has 34 heavy (non-hydrogen) atoms. The van der Waals surface area contributed by atoms with Gasteiger partial charge < -0.3 is 10.1 Å². The summed E-state index contributed by atoms with van der Waals surface area (Å²) >= 11 is 7.41. The smallest absolute Gasteiger partial charge is 0.238 e. The first kappa shape index (κ1) is 23.9. The number of benzene rings is 3. The van der Waals surface area contributed by atoms with E-state index in [1.165, 1.54) is 11.8 Å². The number of para-hydroxylation sites is 2. The van der Waals surface area contributed by atoms with Crippen molar-refractivity contribution in [1.82, 2.24) is 4.90 Å². The number of aliphatic imine (C=N–C) groups is 1. The van der Waals surface area contributed by atoms with E-state index in [0.29, 0.717) is 40.3 Å². The fraction of sp³-hybridized carbons (Fsp3) is 0.192. The van der Waals surface area contributed by atoms with Gasteiger partial charge in [-0.25, -0.2) is 4.99 Å². The Balaban J connectivity index is 1.57. The van der Waals surface area contributed by atoms with E-state index >= 15 is 0 Å². The largest absolute Gasteiger partial charge is 0.495 e. The molecular weight excluding hydrogens is 470 g/mol. The highest BCUT2D eigenvalue weighted by Gasteiger charge is 2.36. The second-order valence-electron chi connectivity index (χ2n) is 7.66. The van der Waals surface area contributed by atoms with Crippen molar-refractivity contribution in [3.63, 3.8) is 0 Å². The van der Waals surface area contributed by atoms with Gasteiger partial charge in [-0.05, 0) is 42.3 Å². The zero-order valence-electron chi connectivity index (χ0n) is 18.6. The minimum Gasteiger partial charge on any atom is -0.495 e. The highest BCUT2D eigenvalue weighted by molar-refractivity contribution is 8.15. The Morgan fingerprint density at radius 2 is 1.88 bits per heavy atom. The lowest BCUT2D eigenvalue weighted by Gasteiger charge is -2.32. The van der Waals surface area contributed by atoms with Gasteiger partial charge in [0.2, 0.25) is 11.8 Å². The topological polar surface area (TPSA) is 71.0 Å². The van der Waals surface area contributed by atoms with Crippen LogP contribution in [0, 0.1) is 0 Å². The number of nitrogens with zero attached hydrogens (tertiary/aromatic N) is 2.